The second-order valence-electron chi connectivity index (χ2n) is 6.72. The normalized spacial score (nSPS) is 9.81. The van der Waals surface area contributed by atoms with E-state index in [1.165, 1.54) is 6.07 Å². The first-order valence-electron chi connectivity index (χ1n) is 9.84. The molecule has 0 saturated heterocycles. The van der Waals surface area contributed by atoms with Crippen molar-refractivity contribution in [2.75, 3.05) is 18.4 Å². The highest BCUT2D eigenvalue weighted by atomic mass is 16.5. The topological polar surface area (TPSA) is 123 Å². The average Bonchev–Trinajstić information content (AvgIpc) is 2.79. The Morgan fingerprint density at radius 1 is 1.19 bits per heavy atom. The van der Waals surface area contributed by atoms with Crippen LogP contribution in [0.25, 0.3) is 0 Å². The lowest BCUT2D eigenvalue weighted by molar-refractivity contribution is -0.122. The van der Waals surface area contributed by atoms with E-state index in [1.807, 2.05) is 43.3 Å². The van der Waals surface area contributed by atoms with Crippen molar-refractivity contribution in [1.29, 1.82) is 0 Å². The standard InChI is InChI=1S/C22H24N4O3.CH2O2/c1-16-14-23-10-8-18(16)24-11-12-25-22(28)20-21(19(27)9-13-26(20)2)29-15-17-6-4-3-5-7-17;2-1-3/h3-10,13-14H,11-12,15H2,1-2H3,(H,23,24)(H,25,28);1H,(H,2,3). The zero-order valence-corrected chi connectivity index (χ0v) is 17.9. The number of anilines is 1. The molecule has 2 heterocycles. The summed E-state index contributed by atoms with van der Waals surface area (Å²) in [7, 11) is 1.71. The van der Waals surface area contributed by atoms with Gasteiger partial charge in [0.15, 0.2) is 11.4 Å². The van der Waals surface area contributed by atoms with Crippen molar-refractivity contribution in [3.8, 4) is 5.75 Å². The number of rotatable bonds is 8. The minimum absolute atomic E-state index is 0.0503. The first-order chi connectivity index (χ1) is 15.5. The summed E-state index contributed by atoms with van der Waals surface area (Å²) in [4.78, 5) is 37.5. The van der Waals surface area contributed by atoms with Crippen LogP contribution >= 0.6 is 0 Å². The number of ether oxygens (including phenoxy) is 1. The molecule has 2 aromatic heterocycles. The molecule has 9 nitrogen and oxygen atoms in total. The van der Waals surface area contributed by atoms with Gasteiger partial charge < -0.3 is 25.0 Å². The molecule has 0 saturated carbocycles. The SMILES string of the molecule is Cc1cnccc1NCCNC(=O)c1c(OCc2ccccc2)c(=O)ccn1C.O=CO. The van der Waals surface area contributed by atoms with Crippen molar-refractivity contribution in [2.45, 2.75) is 13.5 Å². The van der Waals surface area contributed by atoms with E-state index in [9.17, 15) is 9.59 Å². The number of aryl methyl sites for hydroxylation is 2. The summed E-state index contributed by atoms with van der Waals surface area (Å²) in [6.07, 6.45) is 5.05. The van der Waals surface area contributed by atoms with Gasteiger partial charge in [0.25, 0.3) is 12.4 Å². The quantitative estimate of drug-likeness (QED) is 0.364. The molecule has 0 radical (unpaired) electrons. The van der Waals surface area contributed by atoms with Crippen molar-refractivity contribution in [3.05, 3.63) is 88.1 Å². The summed E-state index contributed by atoms with van der Waals surface area (Å²) in [5.74, 6) is -0.309. The number of nitrogens with one attached hydrogen (secondary N) is 2. The first kappa shape index (κ1) is 24.1. The molecule has 0 aliphatic heterocycles. The van der Waals surface area contributed by atoms with Crippen LogP contribution in [0.2, 0.25) is 0 Å². The molecule has 0 unspecified atom stereocenters. The number of nitrogens with zero attached hydrogens (tertiary/aromatic N) is 2. The maximum Gasteiger partial charge on any atom is 0.290 e. The van der Waals surface area contributed by atoms with Gasteiger partial charge in [0.05, 0.1) is 0 Å². The summed E-state index contributed by atoms with van der Waals surface area (Å²) in [5.41, 5.74) is 2.79. The number of carbonyl (C=O) groups excluding carboxylic acids is 1. The van der Waals surface area contributed by atoms with Gasteiger partial charge in [0.2, 0.25) is 5.43 Å². The van der Waals surface area contributed by atoms with E-state index < -0.39 is 0 Å². The lowest BCUT2D eigenvalue weighted by Gasteiger charge is -2.15. The Morgan fingerprint density at radius 3 is 2.59 bits per heavy atom. The van der Waals surface area contributed by atoms with Gasteiger partial charge in [-0.2, -0.15) is 0 Å². The van der Waals surface area contributed by atoms with Gasteiger partial charge in [0, 0.05) is 50.5 Å². The Balaban J connectivity index is 0.00000114. The van der Waals surface area contributed by atoms with E-state index in [1.54, 1.807) is 30.2 Å². The van der Waals surface area contributed by atoms with Gasteiger partial charge in [-0.05, 0) is 24.1 Å². The molecule has 32 heavy (non-hydrogen) atoms. The Morgan fingerprint density at radius 2 is 1.91 bits per heavy atom. The number of hydrogen-bond donors (Lipinski definition) is 3. The van der Waals surface area contributed by atoms with E-state index in [0.29, 0.717) is 13.1 Å². The lowest BCUT2D eigenvalue weighted by atomic mass is 10.2. The highest BCUT2D eigenvalue weighted by Crippen LogP contribution is 2.15. The second kappa shape index (κ2) is 12.5. The average molecular weight is 438 g/mol. The molecule has 0 bridgehead atoms. The van der Waals surface area contributed by atoms with Crippen LogP contribution in [-0.4, -0.2) is 40.1 Å². The molecule has 3 aromatic rings. The van der Waals surface area contributed by atoms with Crippen molar-refractivity contribution < 1.29 is 19.4 Å². The van der Waals surface area contributed by atoms with Crippen molar-refractivity contribution >= 4 is 18.1 Å². The van der Waals surface area contributed by atoms with Gasteiger partial charge >= 0.3 is 0 Å². The Labute approximate surface area is 185 Å². The van der Waals surface area contributed by atoms with Crippen LogP contribution in [0.3, 0.4) is 0 Å². The molecule has 168 valence electrons. The van der Waals surface area contributed by atoms with E-state index in [4.69, 9.17) is 14.6 Å². The number of aromatic nitrogens is 2. The molecule has 9 heteroatoms. The molecule has 0 aliphatic rings. The third-order valence-electron chi connectivity index (χ3n) is 4.43. The van der Waals surface area contributed by atoms with Crippen LogP contribution in [0.4, 0.5) is 5.69 Å². The number of benzene rings is 1. The highest BCUT2D eigenvalue weighted by Gasteiger charge is 2.18. The molecule has 0 aliphatic carbocycles. The smallest absolute Gasteiger partial charge is 0.290 e. The monoisotopic (exact) mass is 438 g/mol. The fraction of sp³-hybridized carbons (Fsp3) is 0.217. The number of carbonyl (C=O) groups is 2. The molecule has 3 N–H and O–H groups in total. The third-order valence-corrected chi connectivity index (χ3v) is 4.43. The van der Waals surface area contributed by atoms with Crippen LogP contribution in [0, 0.1) is 6.92 Å². The van der Waals surface area contributed by atoms with E-state index in [2.05, 4.69) is 15.6 Å². The minimum atomic E-state index is -0.360. The molecule has 1 amide bonds. The van der Waals surface area contributed by atoms with E-state index in [0.717, 1.165) is 16.8 Å². The van der Waals surface area contributed by atoms with Crippen molar-refractivity contribution in [3.63, 3.8) is 0 Å². The van der Waals surface area contributed by atoms with Crippen LogP contribution in [0.1, 0.15) is 21.6 Å². The Hall–Kier alpha value is -4.14. The highest BCUT2D eigenvalue weighted by molar-refractivity contribution is 5.95. The summed E-state index contributed by atoms with van der Waals surface area (Å²) < 4.78 is 7.33. The van der Waals surface area contributed by atoms with Gasteiger partial charge in [-0.1, -0.05) is 30.3 Å². The number of amides is 1. The predicted octanol–water partition coefficient (Wildman–Crippen LogP) is 2.21. The van der Waals surface area contributed by atoms with Crippen LogP contribution in [0.5, 0.6) is 5.75 Å². The second-order valence-corrected chi connectivity index (χ2v) is 6.72. The zero-order valence-electron chi connectivity index (χ0n) is 17.9. The maximum atomic E-state index is 12.7. The van der Waals surface area contributed by atoms with Gasteiger partial charge in [-0.25, -0.2) is 0 Å². The molecule has 0 atom stereocenters. The van der Waals surface area contributed by atoms with E-state index >= 15 is 0 Å². The summed E-state index contributed by atoms with van der Waals surface area (Å²) in [5, 5.41) is 13.0. The predicted molar refractivity (Wildman–Crippen MR) is 121 cm³/mol. The summed E-state index contributed by atoms with van der Waals surface area (Å²) in [6, 6.07) is 12.8. The molecule has 3 rings (SSSR count). The fourth-order valence-electron chi connectivity index (χ4n) is 2.87. The zero-order chi connectivity index (χ0) is 23.3. The number of hydrogen-bond acceptors (Lipinski definition) is 6. The Bertz CT molecular complexity index is 1080. The van der Waals surface area contributed by atoms with Gasteiger partial charge in [0.1, 0.15) is 6.61 Å². The van der Waals surface area contributed by atoms with Crippen LogP contribution in [-0.2, 0) is 18.4 Å². The molecule has 0 spiro atoms. The number of pyridine rings is 2. The van der Waals surface area contributed by atoms with Crippen molar-refractivity contribution in [2.24, 2.45) is 7.05 Å². The van der Waals surface area contributed by atoms with Gasteiger partial charge in [-0.15, -0.1) is 0 Å². The minimum Gasteiger partial charge on any atom is -0.483 e. The van der Waals surface area contributed by atoms with Crippen LogP contribution < -0.4 is 20.8 Å². The molecule has 1 aromatic carbocycles. The lowest BCUT2D eigenvalue weighted by Crippen LogP contribution is -2.32. The van der Waals surface area contributed by atoms with Crippen molar-refractivity contribution in [1.82, 2.24) is 14.9 Å². The molecule has 0 fully saturated rings. The third kappa shape index (κ3) is 6.98. The molecular weight excluding hydrogens is 412 g/mol. The van der Waals surface area contributed by atoms with Gasteiger partial charge in [-0.3, -0.25) is 19.4 Å². The summed E-state index contributed by atoms with van der Waals surface area (Å²) in [6.45, 7) is 2.85. The first-order valence-corrected chi connectivity index (χ1v) is 9.84. The number of carboxylic acid groups (broad SMARTS) is 1. The molecular formula is C23H26N4O5. The van der Waals surface area contributed by atoms with Crippen LogP contribution in [0.15, 0.2) is 65.8 Å². The largest absolute Gasteiger partial charge is 0.483 e. The maximum absolute atomic E-state index is 12.7. The summed E-state index contributed by atoms with van der Waals surface area (Å²) >= 11 is 0. The fourth-order valence-corrected chi connectivity index (χ4v) is 2.87. The Kier molecular flexibility index (Phi) is 9.45. The van der Waals surface area contributed by atoms with E-state index in [-0.39, 0.29) is 35.9 Å².